The highest BCUT2D eigenvalue weighted by atomic mass is 16.6. The van der Waals surface area contributed by atoms with Gasteiger partial charge in [-0.1, -0.05) is 48.6 Å². The number of amides is 2. The minimum atomic E-state index is -0.754. The quantitative estimate of drug-likeness (QED) is 0.0425. The molecule has 1 N–H and O–H groups in total. The summed E-state index contributed by atoms with van der Waals surface area (Å²) < 4.78 is 66.4. The summed E-state index contributed by atoms with van der Waals surface area (Å²) in [7, 11) is 3.37. The number of carbonyl (C=O) groups is 2. The van der Waals surface area contributed by atoms with Gasteiger partial charge in [0.2, 0.25) is 11.8 Å². The zero-order valence-corrected chi connectivity index (χ0v) is 45.6. The van der Waals surface area contributed by atoms with Crippen molar-refractivity contribution in [3.05, 3.63) is 107 Å². The lowest BCUT2D eigenvalue weighted by Crippen LogP contribution is -2.34. The maximum Gasteiger partial charge on any atom is 0.414 e. The number of carbonyl (C=O) groups excluding carboxylic acids is 2. The summed E-state index contributed by atoms with van der Waals surface area (Å²) in [6.45, 7) is 17.6. The van der Waals surface area contributed by atoms with Crippen LogP contribution in [0, 0.1) is 0 Å². The van der Waals surface area contributed by atoms with Crippen LogP contribution in [0.15, 0.2) is 85.2 Å². The van der Waals surface area contributed by atoms with Gasteiger partial charge in [0.05, 0.1) is 106 Å². The van der Waals surface area contributed by atoms with E-state index in [0.29, 0.717) is 117 Å². The fraction of sp³-hybridized carbons (Fsp3) is 0.509. The second-order valence-corrected chi connectivity index (χ2v) is 19.0. The fourth-order valence-electron chi connectivity index (χ4n) is 6.24. The van der Waals surface area contributed by atoms with Crippen molar-refractivity contribution in [1.29, 1.82) is 0 Å². The van der Waals surface area contributed by atoms with E-state index < -0.39 is 29.5 Å². The van der Waals surface area contributed by atoms with Crippen LogP contribution >= 0.6 is 0 Å². The van der Waals surface area contributed by atoms with Crippen molar-refractivity contribution in [2.45, 2.75) is 58.8 Å². The van der Waals surface area contributed by atoms with Crippen molar-refractivity contribution in [3.8, 4) is 11.8 Å². The molecule has 0 radical (unpaired) electrons. The summed E-state index contributed by atoms with van der Waals surface area (Å²) in [5.74, 6) is 1.01. The van der Waals surface area contributed by atoms with E-state index in [2.05, 4.69) is 9.97 Å². The molecule has 0 saturated heterocycles. The van der Waals surface area contributed by atoms with E-state index >= 15 is 0 Å². The molecule has 0 atom stereocenters. The number of pyridine rings is 2. The summed E-state index contributed by atoms with van der Waals surface area (Å²) in [5, 5.41) is 10.1. The average molecular weight is 1060 g/mol. The Hall–Kier alpha value is -6.00. The largest absolute Gasteiger partial charge is 0.475 e. The second kappa shape index (κ2) is 35.4. The lowest BCUT2D eigenvalue weighted by atomic mass is 10.1. The lowest BCUT2D eigenvalue weighted by molar-refractivity contribution is -0.0490. The number of nitrogens with zero attached hydrogens (tertiary/aromatic N) is 4. The van der Waals surface area contributed by atoms with E-state index in [1.165, 1.54) is 9.80 Å². The van der Waals surface area contributed by atoms with Gasteiger partial charge in [-0.25, -0.2) is 19.6 Å². The maximum atomic E-state index is 12.3. The zero-order chi connectivity index (χ0) is 54.9. The van der Waals surface area contributed by atoms with Gasteiger partial charge < -0.3 is 61.9 Å². The Balaban J connectivity index is 0.854. The van der Waals surface area contributed by atoms with Crippen molar-refractivity contribution < 1.29 is 71.5 Å². The first kappa shape index (κ1) is 62.5. The molecule has 2 heterocycles. The molecule has 19 heteroatoms. The summed E-state index contributed by atoms with van der Waals surface area (Å²) in [6, 6.07) is 22.7. The van der Waals surface area contributed by atoms with E-state index in [4.69, 9.17) is 56.8 Å². The first-order valence-corrected chi connectivity index (χ1v) is 25.5. The summed E-state index contributed by atoms with van der Waals surface area (Å²) in [6.07, 6.45) is 9.76. The predicted molar refractivity (Wildman–Crippen MR) is 292 cm³/mol. The van der Waals surface area contributed by atoms with Gasteiger partial charge in [-0.15, -0.1) is 0 Å². The third-order valence-electron chi connectivity index (χ3n) is 10.2. The molecule has 0 unspecified atom stereocenters. The van der Waals surface area contributed by atoms with Crippen LogP contribution in [0.1, 0.15) is 63.8 Å². The van der Waals surface area contributed by atoms with E-state index in [-0.39, 0.29) is 13.2 Å². The Labute approximate surface area is 448 Å². The molecule has 2 aromatic carbocycles. The number of rotatable bonds is 36. The molecule has 76 heavy (non-hydrogen) atoms. The first-order valence-electron chi connectivity index (χ1n) is 25.5. The molecule has 0 spiro atoms. The third kappa shape index (κ3) is 28.2. The SMILES string of the molecule is CN(C(=O)OC(C)(C)C)c1ccc(/C=C/c2ccc(OCCOCCOCCOCCOCC(O)COCCOCCOCCOCCOc3ccc(/C=C/c4ccc(N(C)C(=O)OC(C)(C)C)cc4)cn3)nc2)cc1. The van der Waals surface area contributed by atoms with Gasteiger partial charge in [0, 0.05) is 50.0 Å². The zero-order valence-electron chi connectivity index (χ0n) is 45.6. The molecular formula is C57H80N4O15. The van der Waals surface area contributed by atoms with E-state index in [1.807, 2.05) is 139 Å². The van der Waals surface area contributed by atoms with E-state index in [9.17, 15) is 14.7 Å². The highest BCUT2D eigenvalue weighted by Crippen LogP contribution is 2.21. The van der Waals surface area contributed by atoms with Crippen LogP contribution in [-0.4, -0.2) is 178 Å². The minimum absolute atomic E-state index is 0.137. The summed E-state index contributed by atoms with van der Waals surface area (Å²) >= 11 is 0. The van der Waals surface area contributed by atoms with Gasteiger partial charge in [0.25, 0.3) is 0 Å². The normalized spacial score (nSPS) is 11.9. The molecule has 0 bridgehead atoms. The van der Waals surface area contributed by atoms with Crippen molar-refractivity contribution >= 4 is 47.9 Å². The Kier molecular flexibility index (Phi) is 29.1. The van der Waals surface area contributed by atoms with Crippen LogP contribution in [0.4, 0.5) is 21.0 Å². The van der Waals surface area contributed by atoms with Crippen LogP contribution < -0.4 is 19.3 Å². The number of aliphatic hydroxyl groups excluding tert-OH is 1. The lowest BCUT2D eigenvalue weighted by Gasteiger charge is -2.24. The van der Waals surface area contributed by atoms with Gasteiger partial charge in [0.1, 0.15) is 30.5 Å². The molecule has 4 rings (SSSR count). The van der Waals surface area contributed by atoms with Gasteiger partial charge in [0.15, 0.2) is 0 Å². The minimum Gasteiger partial charge on any atom is -0.475 e. The molecule has 2 amide bonds. The monoisotopic (exact) mass is 1060 g/mol. The molecular weight excluding hydrogens is 981 g/mol. The van der Waals surface area contributed by atoms with Gasteiger partial charge >= 0.3 is 12.2 Å². The maximum absolute atomic E-state index is 12.3. The van der Waals surface area contributed by atoms with Crippen molar-refractivity contribution in [3.63, 3.8) is 0 Å². The summed E-state index contributed by atoms with van der Waals surface area (Å²) in [5.41, 5.74) is 4.16. The van der Waals surface area contributed by atoms with Crippen molar-refractivity contribution in [1.82, 2.24) is 9.97 Å². The molecule has 2 aromatic heterocycles. The summed E-state index contributed by atoms with van der Waals surface area (Å²) in [4.78, 5) is 36.3. The number of aliphatic hydroxyl groups is 1. The van der Waals surface area contributed by atoms with Gasteiger partial charge in [-0.3, -0.25) is 9.80 Å². The standard InChI is InChI=1S/C57H80N4O15/c1-56(2,3)75-54(63)60(7)49-19-13-45(14-20-49)9-11-47-17-23-52(58-41-47)73-39-37-69-31-29-65-25-27-67-33-35-71-43-51(62)44-72-36-34-68-28-26-66-30-32-70-38-40-74-53-24-18-48(42-59-53)12-10-46-15-21-50(22-16-46)61(8)55(64)76-57(4,5)6/h9-24,41-42,51,62H,25-40,43-44H2,1-8H3/b11-9+,12-10+. The molecule has 0 aliphatic heterocycles. The first-order chi connectivity index (χ1) is 36.5. The topological polar surface area (TPSA) is 197 Å². The Morgan fingerprint density at radius 3 is 1.00 bits per heavy atom. The molecule has 418 valence electrons. The average Bonchev–Trinajstić information content (AvgIpc) is 3.39. The Bertz CT molecular complexity index is 2090. The van der Waals surface area contributed by atoms with Crippen molar-refractivity contribution in [2.24, 2.45) is 0 Å². The predicted octanol–water partition coefficient (Wildman–Crippen LogP) is 8.51. The van der Waals surface area contributed by atoms with Gasteiger partial charge in [-0.05, 0) is 100 Å². The van der Waals surface area contributed by atoms with Crippen LogP contribution in [0.3, 0.4) is 0 Å². The van der Waals surface area contributed by atoms with E-state index in [1.54, 1.807) is 26.5 Å². The van der Waals surface area contributed by atoms with Crippen LogP contribution in [0.25, 0.3) is 24.3 Å². The highest BCUT2D eigenvalue weighted by molar-refractivity contribution is 5.88. The number of anilines is 2. The van der Waals surface area contributed by atoms with Crippen LogP contribution in [0.2, 0.25) is 0 Å². The smallest absolute Gasteiger partial charge is 0.414 e. The second-order valence-electron chi connectivity index (χ2n) is 19.0. The number of benzene rings is 2. The third-order valence-corrected chi connectivity index (χ3v) is 10.2. The Morgan fingerprint density at radius 2 is 0.711 bits per heavy atom. The molecule has 0 aliphatic carbocycles. The number of hydrogen-bond donors (Lipinski definition) is 1. The molecule has 0 saturated carbocycles. The van der Waals surface area contributed by atoms with Crippen molar-refractivity contribution in [2.75, 3.05) is 143 Å². The van der Waals surface area contributed by atoms with E-state index in [0.717, 1.165) is 33.6 Å². The molecule has 0 aliphatic rings. The molecule has 0 fully saturated rings. The molecule has 4 aromatic rings. The number of hydrogen-bond acceptors (Lipinski definition) is 17. The fourth-order valence-corrected chi connectivity index (χ4v) is 6.24. The van der Waals surface area contributed by atoms with Gasteiger partial charge in [-0.2, -0.15) is 0 Å². The number of ether oxygens (including phenoxy) is 12. The van der Waals surface area contributed by atoms with Crippen LogP contribution in [0.5, 0.6) is 11.8 Å². The Morgan fingerprint density at radius 1 is 0.434 bits per heavy atom. The molecule has 19 nitrogen and oxygen atoms in total. The highest BCUT2D eigenvalue weighted by Gasteiger charge is 2.21. The van der Waals surface area contributed by atoms with Crippen LogP contribution in [-0.2, 0) is 47.4 Å². The number of aromatic nitrogens is 2.